The first-order valence-electron chi connectivity index (χ1n) is 11.1. The highest BCUT2D eigenvalue weighted by Crippen LogP contribution is 2.29. The maximum atomic E-state index is 13.8. The van der Waals surface area contributed by atoms with Gasteiger partial charge in [-0.3, -0.25) is 4.79 Å². The zero-order valence-corrected chi connectivity index (χ0v) is 20.1. The van der Waals surface area contributed by atoms with Crippen LogP contribution in [0.25, 0.3) is 11.4 Å². The maximum absolute atomic E-state index is 13.8. The number of ether oxygens (including phenoxy) is 2. The number of alkyl halides is 1. The smallest absolute Gasteiger partial charge is 0.409 e. The zero-order valence-electron chi connectivity index (χ0n) is 20.1. The summed E-state index contributed by atoms with van der Waals surface area (Å²) in [5, 5.41) is 17.4. The fourth-order valence-corrected chi connectivity index (χ4v) is 3.94. The highest BCUT2D eigenvalue weighted by atomic mass is 19.1. The molecule has 1 N–H and O–H groups in total. The van der Waals surface area contributed by atoms with Crippen LogP contribution in [-0.2, 0) is 23.2 Å². The Hall–Kier alpha value is -3.31. The van der Waals surface area contributed by atoms with E-state index < -0.39 is 23.6 Å². The minimum absolute atomic E-state index is 0.108. The first-order valence-corrected chi connectivity index (χ1v) is 11.1. The van der Waals surface area contributed by atoms with Crippen molar-refractivity contribution in [3.05, 3.63) is 17.6 Å². The number of carbonyl (C=O) groups excluding carboxylic acids is 1. The van der Waals surface area contributed by atoms with Crippen LogP contribution in [0.5, 0.6) is 5.88 Å². The van der Waals surface area contributed by atoms with Crippen LogP contribution in [0.15, 0.2) is 6.20 Å². The zero-order chi connectivity index (χ0) is 25.0. The van der Waals surface area contributed by atoms with E-state index in [0.717, 1.165) is 12.8 Å². The second kappa shape index (κ2) is 10.3. The fraction of sp³-hybridized carbons (Fsp3) is 0.636. The number of hydrogen-bond acceptors (Lipinski definition) is 8. The van der Waals surface area contributed by atoms with Crippen molar-refractivity contribution in [3.63, 3.8) is 0 Å². The van der Waals surface area contributed by atoms with Gasteiger partial charge in [-0.25, -0.2) is 23.8 Å². The normalized spacial score (nSPS) is 18.4. The van der Waals surface area contributed by atoms with Crippen LogP contribution >= 0.6 is 0 Å². The number of aryl methyl sites for hydroxylation is 2. The van der Waals surface area contributed by atoms with Crippen molar-refractivity contribution in [1.29, 1.82) is 0 Å². The number of nitrogens with zero attached hydrogens (tertiary/aromatic N) is 6. The molecule has 11 nitrogen and oxygen atoms in total. The van der Waals surface area contributed by atoms with E-state index in [1.54, 1.807) is 14.0 Å². The van der Waals surface area contributed by atoms with E-state index in [0.29, 0.717) is 41.5 Å². The van der Waals surface area contributed by atoms with E-state index in [1.165, 1.54) is 36.7 Å². The average molecular weight is 479 g/mol. The summed E-state index contributed by atoms with van der Waals surface area (Å²) in [6.45, 7) is 4.27. The molecule has 3 rings (SSSR count). The molecular formula is C22H31FN6O5. The number of carbonyl (C=O) groups is 2. The lowest BCUT2D eigenvalue weighted by Crippen LogP contribution is -2.37. The lowest BCUT2D eigenvalue weighted by atomic mass is 9.87. The minimum Gasteiger partial charge on any atom is -0.481 e. The first-order chi connectivity index (χ1) is 15.9. The molecule has 1 amide bonds. The third-order valence-electron chi connectivity index (χ3n) is 5.60. The van der Waals surface area contributed by atoms with Crippen LogP contribution in [0.3, 0.4) is 0 Å². The molecule has 1 aliphatic rings. The number of amides is 1. The van der Waals surface area contributed by atoms with E-state index in [2.05, 4.69) is 20.3 Å². The lowest BCUT2D eigenvalue weighted by molar-refractivity contribution is -0.143. The molecule has 0 aromatic carbocycles. The summed E-state index contributed by atoms with van der Waals surface area (Å²) < 4.78 is 26.6. The van der Waals surface area contributed by atoms with Crippen molar-refractivity contribution < 1.29 is 28.6 Å². The van der Waals surface area contributed by atoms with E-state index in [9.17, 15) is 19.1 Å². The monoisotopic (exact) mass is 478 g/mol. The van der Waals surface area contributed by atoms with Crippen molar-refractivity contribution in [2.75, 3.05) is 13.6 Å². The molecule has 2 aromatic heterocycles. The summed E-state index contributed by atoms with van der Waals surface area (Å²) in [6, 6.07) is 0. The van der Waals surface area contributed by atoms with Gasteiger partial charge < -0.3 is 19.5 Å². The molecule has 1 fully saturated rings. The van der Waals surface area contributed by atoms with Gasteiger partial charge in [0, 0.05) is 14.1 Å². The molecule has 0 spiro atoms. The van der Waals surface area contributed by atoms with Crippen LogP contribution < -0.4 is 4.74 Å². The van der Waals surface area contributed by atoms with E-state index in [-0.39, 0.29) is 19.3 Å². The summed E-state index contributed by atoms with van der Waals surface area (Å²) in [4.78, 5) is 33.6. The fourth-order valence-electron chi connectivity index (χ4n) is 3.94. The number of rotatable bonds is 8. The quantitative estimate of drug-likeness (QED) is 0.608. The third-order valence-corrected chi connectivity index (χ3v) is 5.60. The molecule has 34 heavy (non-hydrogen) atoms. The Morgan fingerprint density at radius 3 is 2.74 bits per heavy atom. The average Bonchev–Trinajstić information content (AvgIpc) is 3.12. The Balaban J connectivity index is 1.69. The Kier molecular flexibility index (Phi) is 7.68. The lowest BCUT2D eigenvalue weighted by Gasteiger charge is -2.27. The van der Waals surface area contributed by atoms with E-state index >= 15 is 0 Å². The van der Waals surface area contributed by atoms with Crippen molar-refractivity contribution in [3.8, 4) is 17.3 Å². The van der Waals surface area contributed by atoms with Gasteiger partial charge in [0.1, 0.15) is 41.2 Å². The van der Waals surface area contributed by atoms with Gasteiger partial charge in [-0.2, -0.15) is 0 Å². The second-order valence-electron chi connectivity index (χ2n) is 9.23. The highest BCUT2D eigenvalue weighted by molar-refractivity contribution is 5.70. The van der Waals surface area contributed by atoms with Gasteiger partial charge >= 0.3 is 12.1 Å². The SMILES string of the molecule is Cc1nc(-c2nnn(C)c2COC(=O)N(C)CC(C)(C)F)cnc1O[C@H]1CCC[C@H](C(=O)O)C1. The van der Waals surface area contributed by atoms with Crippen LogP contribution in [0.4, 0.5) is 9.18 Å². The van der Waals surface area contributed by atoms with E-state index in [4.69, 9.17) is 9.47 Å². The number of carboxylic acids is 1. The number of carboxylic acid groups (broad SMARTS) is 1. The Morgan fingerprint density at radius 2 is 2.09 bits per heavy atom. The molecule has 2 aromatic rings. The van der Waals surface area contributed by atoms with Gasteiger partial charge in [0.15, 0.2) is 0 Å². The Bertz CT molecular complexity index is 1040. The van der Waals surface area contributed by atoms with Crippen molar-refractivity contribution in [1.82, 2.24) is 29.9 Å². The molecule has 0 aliphatic heterocycles. The van der Waals surface area contributed by atoms with Crippen molar-refractivity contribution in [2.24, 2.45) is 13.0 Å². The number of aliphatic carboxylic acids is 1. The van der Waals surface area contributed by atoms with Crippen molar-refractivity contribution in [2.45, 2.75) is 64.8 Å². The molecule has 2 heterocycles. The summed E-state index contributed by atoms with van der Waals surface area (Å²) >= 11 is 0. The Morgan fingerprint density at radius 1 is 1.35 bits per heavy atom. The molecular weight excluding hydrogens is 447 g/mol. The number of hydrogen-bond donors (Lipinski definition) is 1. The van der Waals surface area contributed by atoms with Crippen LogP contribution in [0.2, 0.25) is 0 Å². The molecule has 0 radical (unpaired) electrons. The highest BCUT2D eigenvalue weighted by Gasteiger charge is 2.29. The van der Waals surface area contributed by atoms with E-state index in [1.807, 2.05) is 0 Å². The Labute approximate surface area is 197 Å². The van der Waals surface area contributed by atoms with Gasteiger partial charge in [-0.1, -0.05) is 5.21 Å². The molecule has 1 saturated carbocycles. The standard InChI is InChI=1S/C22H31FN6O5/c1-13-19(34-15-8-6-7-14(9-15)20(30)31)24-10-16(25-13)18-17(29(5)27-26-18)11-33-21(32)28(4)12-22(2,3)23/h10,14-15H,6-9,11-12H2,1-5H3,(H,30,31)/t14-,15-/m0/s1. The number of aromatic nitrogens is 5. The molecule has 0 bridgehead atoms. The van der Waals surface area contributed by atoms with Gasteiger partial charge in [-0.05, 0) is 46.5 Å². The summed E-state index contributed by atoms with van der Waals surface area (Å²) in [7, 11) is 3.12. The maximum Gasteiger partial charge on any atom is 0.409 e. The summed E-state index contributed by atoms with van der Waals surface area (Å²) in [6.07, 6.45) is 3.23. The molecule has 1 aliphatic carbocycles. The molecule has 186 valence electrons. The molecule has 0 saturated heterocycles. The molecule has 12 heteroatoms. The van der Waals surface area contributed by atoms with Crippen LogP contribution in [0.1, 0.15) is 50.9 Å². The summed E-state index contributed by atoms with van der Waals surface area (Å²) in [5.74, 6) is -0.875. The first kappa shape index (κ1) is 25.3. The second-order valence-corrected chi connectivity index (χ2v) is 9.23. The van der Waals surface area contributed by atoms with Gasteiger partial charge in [0.25, 0.3) is 0 Å². The van der Waals surface area contributed by atoms with Gasteiger partial charge in [-0.15, -0.1) is 5.10 Å². The minimum atomic E-state index is -1.55. The topological polar surface area (TPSA) is 133 Å². The predicted molar refractivity (Wildman–Crippen MR) is 119 cm³/mol. The molecule has 0 unspecified atom stereocenters. The predicted octanol–water partition coefficient (Wildman–Crippen LogP) is 2.92. The van der Waals surface area contributed by atoms with Crippen molar-refractivity contribution >= 4 is 12.1 Å². The van der Waals surface area contributed by atoms with Crippen LogP contribution in [0, 0.1) is 12.8 Å². The largest absolute Gasteiger partial charge is 0.481 e. The summed E-state index contributed by atoms with van der Waals surface area (Å²) in [5.41, 5.74) is 0.299. The van der Waals surface area contributed by atoms with Crippen LogP contribution in [-0.4, -0.2) is 72.4 Å². The molecule has 2 atom stereocenters. The van der Waals surface area contributed by atoms with Gasteiger partial charge in [0.05, 0.1) is 18.7 Å². The third kappa shape index (κ3) is 6.39. The van der Waals surface area contributed by atoms with Gasteiger partial charge in [0.2, 0.25) is 5.88 Å². The number of halogens is 1.